The van der Waals surface area contributed by atoms with E-state index in [0.717, 1.165) is 74.5 Å². The Balaban J connectivity index is 0.00000306. The van der Waals surface area contributed by atoms with Gasteiger partial charge in [-0.25, -0.2) is 0 Å². The van der Waals surface area contributed by atoms with Gasteiger partial charge in [-0.2, -0.15) is 0 Å². The van der Waals surface area contributed by atoms with Crippen molar-refractivity contribution >= 4 is 29.9 Å². The summed E-state index contributed by atoms with van der Waals surface area (Å²) in [5.41, 5.74) is 2.32. The molecule has 2 aliphatic rings. The van der Waals surface area contributed by atoms with Crippen molar-refractivity contribution in [2.75, 3.05) is 33.4 Å². The number of aromatic nitrogens is 3. The number of benzene rings is 1. The molecular weight excluding hydrogens is 531 g/mol. The van der Waals surface area contributed by atoms with Crippen LogP contribution < -0.4 is 15.4 Å². The predicted octanol–water partition coefficient (Wildman–Crippen LogP) is 3.25. The molecule has 2 N–H and O–H groups in total. The van der Waals surface area contributed by atoms with Gasteiger partial charge in [-0.05, 0) is 37.8 Å². The van der Waals surface area contributed by atoms with E-state index in [1.165, 1.54) is 24.8 Å². The second-order valence-electron chi connectivity index (χ2n) is 8.75. The molecule has 0 spiro atoms. The van der Waals surface area contributed by atoms with Gasteiger partial charge in [0.05, 0.1) is 13.2 Å². The number of hydrogen-bond acceptors (Lipinski definition) is 5. The fraction of sp³-hybridized carbons (Fsp3) is 0.625. The van der Waals surface area contributed by atoms with Gasteiger partial charge in [-0.1, -0.05) is 18.6 Å². The number of fused-ring (bicyclic) bond motifs is 1. The maximum absolute atomic E-state index is 6.16. The molecule has 1 aromatic heterocycles. The highest BCUT2D eigenvalue weighted by Gasteiger charge is 2.17. The summed E-state index contributed by atoms with van der Waals surface area (Å²) in [4.78, 5) is 4.37. The topological polar surface area (TPSA) is 85.6 Å². The average molecular weight is 569 g/mol. The molecule has 1 fully saturated rings. The number of guanidine groups is 1. The maximum Gasteiger partial charge on any atom is 0.191 e. The standard InChI is InChI=1S/C24H36N6O2.HI/c1-18-7-8-20(21(14-18)32-17-19-10-13-31-16-19)15-27-24(25-2)26-11-9-23-29-28-22-6-4-3-5-12-30(22)23;/h7-8,14,19H,3-6,9-13,15-17H2,1-2H3,(H2,25,26,27);1H. The Hall–Kier alpha value is -1.88. The molecule has 1 atom stereocenters. The Labute approximate surface area is 214 Å². The molecule has 33 heavy (non-hydrogen) atoms. The van der Waals surface area contributed by atoms with Gasteiger partial charge < -0.3 is 24.7 Å². The van der Waals surface area contributed by atoms with E-state index in [9.17, 15) is 0 Å². The first-order valence-corrected chi connectivity index (χ1v) is 11.9. The van der Waals surface area contributed by atoms with Gasteiger partial charge >= 0.3 is 0 Å². The summed E-state index contributed by atoms with van der Waals surface area (Å²) < 4.78 is 13.9. The first-order chi connectivity index (χ1) is 15.7. The van der Waals surface area contributed by atoms with E-state index < -0.39 is 0 Å². The van der Waals surface area contributed by atoms with Crippen molar-refractivity contribution in [1.82, 2.24) is 25.4 Å². The molecule has 9 heteroatoms. The number of rotatable bonds is 8. The zero-order valence-electron chi connectivity index (χ0n) is 19.8. The van der Waals surface area contributed by atoms with Crippen LogP contribution in [0.5, 0.6) is 5.75 Å². The molecule has 1 saturated heterocycles. The summed E-state index contributed by atoms with van der Waals surface area (Å²) >= 11 is 0. The lowest BCUT2D eigenvalue weighted by Crippen LogP contribution is -2.38. The second-order valence-corrected chi connectivity index (χ2v) is 8.75. The smallest absolute Gasteiger partial charge is 0.191 e. The molecule has 0 bridgehead atoms. The van der Waals surface area contributed by atoms with E-state index in [2.05, 4.69) is 55.5 Å². The maximum atomic E-state index is 6.16. The summed E-state index contributed by atoms with van der Waals surface area (Å²) in [5, 5.41) is 15.6. The lowest BCUT2D eigenvalue weighted by molar-refractivity contribution is 0.166. The molecule has 2 aromatic rings. The first kappa shape index (κ1) is 25.7. The summed E-state index contributed by atoms with van der Waals surface area (Å²) in [6.07, 6.45) is 6.64. The molecule has 2 aliphatic heterocycles. The molecule has 182 valence electrons. The molecule has 4 rings (SSSR count). The minimum atomic E-state index is 0. The predicted molar refractivity (Wildman–Crippen MR) is 140 cm³/mol. The molecular formula is C24H37IN6O2. The Kier molecular flexibility index (Phi) is 10.2. The van der Waals surface area contributed by atoms with Gasteiger partial charge in [0.15, 0.2) is 5.96 Å². The molecule has 3 heterocycles. The number of aliphatic imine (C=N–C) groups is 1. The van der Waals surface area contributed by atoms with Crippen molar-refractivity contribution in [3.05, 3.63) is 41.0 Å². The first-order valence-electron chi connectivity index (χ1n) is 11.9. The van der Waals surface area contributed by atoms with Crippen LogP contribution in [-0.4, -0.2) is 54.1 Å². The normalized spacial score (nSPS) is 18.2. The minimum absolute atomic E-state index is 0. The highest BCUT2D eigenvalue weighted by atomic mass is 127. The third-order valence-corrected chi connectivity index (χ3v) is 6.22. The van der Waals surface area contributed by atoms with Gasteiger partial charge in [0.1, 0.15) is 17.4 Å². The number of halogens is 1. The van der Waals surface area contributed by atoms with E-state index in [-0.39, 0.29) is 24.0 Å². The molecule has 8 nitrogen and oxygen atoms in total. The van der Waals surface area contributed by atoms with Crippen molar-refractivity contribution in [3.8, 4) is 5.75 Å². The van der Waals surface area contributed by atoms with Crippen molar-refractivity contribution in [2.24, 2.45) is 10.9 Å². The SMILES string of the molecule is CN=C(NCCc1nnc2n1CCCCC2)NCc1ccc(C)cc1OCC1CCOC1.I. The van der Waals surface area contributed by atoms with Crippen LogP contribution in [0, 0.1) is 12.8 Å². The largest absolute Gasteiger partial charge is 0.493 e. The fourth-order valence-corrected chi connectivity index (χ4v) is 4.29. The van der Waals surface area contributed by atoms with Crippen molar-refractivity contribution < 1.29 is 9.47 Å². The molecule has 0 radical (unpaired) electrons. The van der Waals surface area contributed by atoms with E-state index in [0.29, 0.717) is 19.1 Å². The average Bonchev–Trinajstić information content (AvgIpc) is 3.40. The van der Waals surface area contributed by atoms with Crippen LogP contribution >= 0.6 is 24.0 Å². The minimum Gasteiger partial charge on any atom is -0.493 e. The van der Waals surface area contributed by atoms with Gasteiger partial charge in [-0.15, -0.1) is 34.2 Å². The number of aryl methyl sites for hydroxylation is 2. The molecule has 0 saturated carbocycles. The number of nitrogens with one attached hydrogen (secondary N) is 2. The van der Waals surface area contributed by atoms with Crippen LogP contribution in [0.15, 0.2) is 23.2 Å². The van der Waals surface area contributed by atoms with Gasteiger partial charge in [0, 0.05) is 57.6 Å². The van der Waals surface area contributed by atoms with E-state index in [4.69, 9.17) is 9.47 Å². The van der Waals surface area contributed by atoms with Crippen LogP contribution in [0.1, 0.15) is 48.5 Å². The van der Waals surface area contributed by atoms with Crippen LogP contribution in [0.3, 0.4) is 0 Å². The third kappa shape index (κ3) is 7.30. The Bertz CT molecular complexity index is 910. The molecule has 0 amide bonds. The van der Waals surface area contributed by atoms with E-state index in [1.54, 1.807) is 7.05 Å². The van der Waals surface area contributed by atoms with Crippen molar-refractivity contribution in [3.63, 3.8) is 0 Å². The Morgan fingerprint density at radius 2 is 2.15 bits per heavy atom. The van der Waals surface area contributed by atoms with Crippen LogP contribution in [0.25, 0.3) is 0 Å². The number of nitrogens with zero attached hydrogens (tertiary/aromatic N) is 4. The highest BCUT2D eigenvalue weighted by molar-refractivity contribution is 14.0. The van der Waals surface area contributed by atoms with Crippen LogP contribution in [-0.2, 0) is 30.7 Å². The van der Waals surface area contributed by atoms with E-state index in [1.807, 2.05) is 0 Å². The number of hydrogen-bond donors (Lipinski definition) is 2. The van der Waals surface area contributed by atoms with Crippen molar-refractivity contribution in [1.29, 1.82) is 0 Å². The van der Waals surface area contributed by atoms with E-state index >= 15 is 0 Å². The van der Waals surface area contributed by atoms with Gasteiger partial charge in [0.25, 0.3) is 0 Å². The van der Waals surface area contributed by atoms with Crippen LogP contribution in [0.2, 0.25) is 0 Å². The molecule has 1 unspecified atom stereocenters. The van der Waals surface area contributed by atoms with Gasteiger partial charge in [0.2, 0.25) is 0 Å². The summed E-state index contributed by atoms with van der Waals surface area (Å²) in [5.74, 6) is 4.39. The lowest BCUT2D eigenvalue weighted by Gasteiger charge is -2.17. The molecule has 1 aromatic carbocycles. The van der Waals surface area contributed by atoms with Gasteiger partial charge in [-0.3, -0.25) is 4.99 Å². The highest BCUT2D eigenvalue weighted by Crippen LogP contribution is 2.22. The monoisotopic (exact) mass is 568 g/mol. The Morgan fingerprint density at radius 1 is 1.24 bits per heavy atom. The quantitative estimate of drug-likeness (QED) is 0.289. The number of ether oxygens (including phenoxy) is 2. The summed E-state index contributed by atoms with van der Waals surface area (Å²) in [6, 6.07) is 6.36. The Morgan fingerprint density at radius 3 is 2.97 bits per heavy atom. The fourth-order valence-electron chi connectivity index (χ4n) is 4.29. The zero-order chi connectivity index (χ0) is 22.2. The lowest BCUT2D eigenvalue weighted by atomic mass is 10.1. The summed E-state index contributed by atoms with van der Waals surface area (Å²) in [7, 11) is 1.80. The third-order valence-electron chi connectivity index (χ3n) is 6.22. The zero-order valence-corrected chi connectivity index (χ0v) is 22.1. The van der Waals surface area contributed by atoms with Crippen molar-refractivity contribution in [2.45, 2.75) is 58.5 Å². The van der Waals surface area contributed by atoms with Crippen LogP contribution in [0.4, 0.5) is 0 Å². The molecule has 0 aliphatic carbocycles. The summed E-state index contributed by atoms with van der Waals surface area (Å²) in [6.45, 7) is 6.88. The second kappa shape index (κ2) is 13.1.